The number of nitrogens with zero attached hydrogens (tertiary/aromatic N) is 1. The van der Waals surface area contributed by atoms with E-state index in [1.54, 1.807) is 0 Å². The second-order valence-corrected chi connectivity index (χ2v) is 8.59. The van der Waals surface area contributed by atoms with Crippen LogP contribution in [-0.4, -0.2) is 28.9 Å². The standard InChI is InChI=1S/C25H31N3O/c1-17(2)25(29)27-21-8-6-7-20(15-21)19-11-13-28(14-12-19)16-23-18(3)26-24-10-5-4-9-22(23)24/h4-10,15,17,19,26H,11-14,16H2,1-3H3,(H,27,29). The van der Waals surface area contributed by atoms with E-state index in [-0.39, 0.29) is 11.8 Å². The van der Waals surface area contributed by atoms with Gasteiger partial charge in [-0.25, -0.2) is 0 Å². The number of aromatic amines is 1. The minimum atomic E-state index is -0.00476. The number of aryl methyl sites for hydroxylation is 1. The van der Waals surface area contributed by atoms with Crippen LogP contribution >= 0.6 is 0 Å². The van der Waals surface area contributed by atoms with Crippen molar-refractivity contribution in [3.63, 3.8) is 0 Å². The third-order valence-corrected chi connectivity index (χ3v) is 6.15. The number of carbonyl (C=O) groups excluding carboxylic acids is 1. The van der Waals surface area contributed by atoms with E-state index in [2.05, 4.69) is 64.6 Å². The van der Waals surface area contributed by atoms with Crippen LogP contribution in [0.5, 0.6) is 0 Å². The van der Waals surface area contributed by atoms with Crippen LogP contribution in [0.15, 0.2) is 48.5 Å². The topological polar surface area (TPSA) is 48.1 Å². The lowest BCUT2D eigenvalue weighted by Crippen LogP contribution is -2.32. The third-order valence-electron chi connectivity index (χ3n) is 6.15. The van der Waals surface area contributed by atoms with Crippen molar-refractivity contribution in [2.75, 3.05) is 18.4 Å². The molecule has 4 rings (SSSR count). The summed E-state index contributed by atoms with van der Waals surface area (Å²) in [6.45, 7) is 9.24. The summed E-state index contributed by atoms with van der Waals surface area (Å²) in [6.07, 6.45) is 2.31. The molecule has 0 unspecified atom stereocenters. The van der Waals surface area contributed by atoms with Crippen LogP contribution in [0.1, 0.15) is 49.4 Å². The monoisotopic (exact) mass is 389 g/mol. The summed E-state index contributed by atoms with van der Waals surface area (Å²) in [5.41, 5.74) is 6.20. The quantitative estimate of drug-likeness (QED) is 0.609. The highest BCUT2D eigenvalue weighted by atomic mass is 16.1. The van der Waals surface area contributed by atoms with Gasteiger partial charge in [0, 0.05) is 34.7 Å². The molecule has 0 atom stereocenters. The summed E-state index contributed by atoms with van der Waals surface area (Å²) in [5, 5.41) is 4.38. The minimum Gasteiger partial charge on any atom is -0.358 e. The average molecular weight is 390 g/mol. The van der Waals surface area contributed by atoms with Gasteiger partial charge in [0.25, 0.3) is 0 Å². The Bertz CT molecular complexity index is 996. The van der Waals surface area contributed by atoms with Crippen LogP contribution < -0.4 is 5.32 Å². The van der Waals surface area contributed by atoms with E-state index >= 15 is 0 Å². The first kappa shape index (κ1) is 19.7. The molecule has 1 saturated heterocycles. The fourth-order valence-electron chi connectivity index (χ4n) is 4.34. The van der Waals surface area contributed by atoms with Gasteiger partial charge in [-0.2, -0.15) is 0 Å². The molecule has 3 aromatic rings. The highest BCUT2D eigenvalue weighted by Gasteiger charge is 2.22. The number of hydrogen-bond donors (Lipinski definition) is 2. The zero-order valence-corrected chi connectivity index (χ0v) is 17.7. The Morgan fingerprint density at radius 3 is 2.66 bits per heavy atom. The molecule has 1 amide bonds. The van der Waals surface area contributed by atoms with Crippen LogP contribution in [0.2, 0.25) is 0 Å². The number of para-hydroxylation sites is 1. The van der Waals surface area contributed by atoms with Crippen LogP contribution in [0, 0.1) is 12.8 Å². The molecule has 1 aliphatic heterocycles. The third kappa shape index (κ3) is 4.38. The van der Waals surface area contributed by atoms with E-state index in [1.807, 2.05) is 19.9 Å². The molecular formula is C25H31N3O. The van der Waals surface area contributed by atoms with Gasteiger partial charge in [0.2, 0.25) is 5.91 Å². The van der Waals surface area contributed by atoms with Crippen LogP contribution in [0.3, 0.4) is 0 Å². The van der Waals surface area contributed by atoms with E-state index in [9.17, 15) is 4.79 Å². The van der Waals surface area contributed by atoms with Gasteiger partial charge >= 0.3 is 0 Å². The van der Waals surface area contributed by atoms with Gasteiger partial charge in [0.1, 0.15) is 0 Å². The van der Waals surface area contributed by atoms with E-state index in [4.69, 9.17) is 0 Å². The SMILES string of the molecule is Cc1[nH]c2ccccc2c1CN1CCC(c2cccc(NC(=O)C(C)C)c2)CC1. The molecule has 2 heterocycles. The fraction of sp³-hybridized carbons (Fsp3) is 0.400. The molecule has 0 radical (unpaired) electrons. The van der Waals surface area contributed by atoms with E-state index in [0.717, 1.165) is 38.2 Å². The Morgan fingerprint density at radius 1 is 1.14 bits per heavy atom. The van der Waals surface area contributed by atoms with E-state index in [1.165, 1.54) is 27.7 Å². The molecular weight excluding hydrogens is 358 g/mol. The lowest BCUT2D eigenvalue weighted by molar-refractivity contribution is -0.118. The first-order valence-corrected chi connectivity index (χ1v) is 10.7. The van der Waals surface area contributed by atoms with Crippen molar-refractivity contribution >= 4 is 22.5 Å². The molecule has 2 N–H and O–H groups in total. The molecule has 0 saturated carbocycles. The summed E-state index contributed by atoms with van der Waals surface area (Å²) < 4.78 is 0. The lowest BCUT2D eigenvalue weighted by Gasteiger charge is -2.32. The number of H-pyrrole nitrogens is 1. The number of rotatable bonds is 5. The van der Waals surface area contributed by atoms with Gasteiger partial charge in [0.05, 0.1) is 0 Å². The summed E-state index contributed by atoms with van der Waals surface area (Å²) >= 11 is 0. The van der Waals surface area contributed by atoms with Gasteiger partial charge in [-0.1, -0.05) is 44.2 Å². The maximum Gasteiger partial charge on any atom is 0.226 e. The number of carbonyl (C=O) groups is 1. The smallest absolute Gasteiger partial charge is 0.226 e. The number of aromatic nitrogens is 1. The van der Waals surface area contributed by atoms with Crippen LogP contribution in [0.25, 0.3) is 10.9 Å². The molecule has 4 nitrogen and oxygen atoms in total. The number of hydrogen-bond acceptors (Lipinski definition) is 2. The number of likely N-dealkylation sites (tertiary alicyclic amines) is 1. The molecule has 152 valence electrons. The molecule has 29 heavy (non-hydrogen) atoms. The minimum absolute atomic E-state index is 0.00476. The summed E-state index contributed by atoms with van der Waals surface area (Å²) in [4.78, 5) is 18.1. The van der Waals surface area contributed by atoms with Gasteiger partial charge in [-0.15, -0.1) is 0 Å². The Morgan fingerprint density at radius 2 is 1.90 bits per heavy atom. The molecule has 0 aliphatic carbocycles. The van der Waals surface area contributed by atoms with Crippen molar-refractivity contribution in [2.45, 2.75) is 46.1 Å². The lowest BCUT2D eigenvalue weighted by atomic mass is 9.89. The second kappa shape index (κ2) is 8.42. The second-order valence-electron chi connectivity index (χ2n) is 8.59. The Labute approximate surface area is 173 Å². The van der Waals surface area contributed by atoms with Gasteiger partial charge < -0.3 is 10.3 Å². The normalized spacial score (nSPS) is 15.9. The van der Waals surface area contributed by atoms with Crippen molar-refractivity contribution in [3.05, 3.63) is 65.4 Å². The zero-order chi connectivity index (χ0) is 20.4. The number of fused-ring (bicyclic) bond motifs is 1. The average Bonchev–Trinajstić information content (AvgIpc) is 3.04. The largest absolute Gasteiger partial charge is 0.358 e. The Balaban J connectivity index is 1.39. The molecule has 1 aliphatic rings. The summed E-state index contributed by atoms with van der Waals surface area (Å²) in [6, 6.07) is 17.0. The molecule has 2 aromatic carbocycles. The Hall–Kier alpha value is -2.59. The first-order chi connectivity index (χ1) is 14.0. The van der Waals surface area contributed by atoms with Gasteiger partial charge in [-0.05, 0) is 68.1 Å². The molecule has 0 bridgehead atoms. The highest BCUT2D eigenvalue weighted by molar-refractivity contribution is 5.92. The fourth-order valence-corrected chi connectivity index (χ4v) is 4.34. The number of benzene rings is 2. The predicted octanol–water partition coefficient (Wildman–Crippen LogP) is 5.45. The predicted molar refractivity (Wildman–Crippen MR) is 120 cm³/mol. The van der Waals surface area contributed by atoms with Crippen molar-refractivity contribution in [1.29, 1.82) is 0 Å². The van der Waals surface area contributed by atoms with Crippen molar-refractivity contribution in [1.82, 2.24) is 9.88 Å². The first-order valence-electron chi connectivity index (χ1n) is 10.7. The number of nitrogens with one attached hydrogen (secondary N) is 2. The van der Waals surface area contributed by atoms with Gasteiger partial charge in [0.15, 0.2) is 0 Å². The molecule has 1 aromatic heterocycles. The zero-order valence-electron chi connectivity index (χ0n) is 17.7. The maximum absolute atomic E-state index is 12.0. The van der Waals surface area contributed by atoms with Gasteiger partial charge in [-0.3, -0.25) is 9.69 Å². The number of anilines is 1. The van der Waals surface area contributed by atoms with E-state index in [0.29, 0.717) is 5.92 Å². The summed E-state index contributed by atoms with van der Waals surface area (Å²) in [7, 11) is 0. The summed E-state index contributed by atoms with van der Waals surface area (Å²) in [5.74, 6) is 0.632. The number of piperidine rings is 1. The molecule has 1 fully saturated rings. The van der Waals surface area contributed by atoms with Crippen LogP contribution in [0.4, 0.5) is 5.69 Å². The molecule has 0 spiro atoms. The molecule has 4 heteroatoms. The van der Waals surface area contributed by atoms with E-state index < -0.39 is 0 Å². The van der Waals surface area contributed by atoms with Crippen molar-refractivity contribution in [2.24, 2.45) is 5.92 Å². The number of amides is 1. The van der Waals surface area contributed by atoms with Crippen LogP contribution in [-0.2, 0) is 11.3 Å². The van der Waals surface area contributed by atoms with Crippen molar-refractivity contribution in [3.8, 4) is 0 Å². The van der Waals surface area contributed by atoms with Crippen molar-refractivity contribution < 1.29 is 4.79 Å². The highest BCUT2D eigenvalue weighted by Crippen LogP contribution is 2.31. The Kier molecular flexibility index (Phi) is 5.72. The maximum atomic E-state index is 12.0.